The average molecular weight is 754 g/mol. The van der Waals surface area contributed by atoms with Gasteiger partial charge in [0.25, 0.3) is 0 Å². The molecular formula is C48H51NO7. The molecule has 0 unspecified atom stereocenters. The Morgan fingerprint density at radius 1 is 0.857 bits per heavy atom. The van der Waals surface area contributed by atoms with Crippen LogP contribution in [0.2, 0.25) is 0 Å². The summed E-state index contributed by atoms with van der Waals surface area (Å²) in [4.78, 5) is 29.0. The van der Waals surface area contributed by atoms with Gasteiger partial charge in [0.15, 0.2) is 0 Å². The van der Waals surface area contributed by atoms with Gasteiger partial charge in [-0.1, -0.05) is 66.7 Å². The fourth-order valence-electron chi connectivity index (χ4n) is 11.4. The number of carbonyl (C=O) groups excluding carboxylic acids is 2. The second-order valence-corrected chi connectivity index (χ2v) is 16.7. The number of nitrogens with one attached hydrogen (secondary N) is 1. The van der Waals surface area contributed by atoms with Gasteiger partial charge >= 0.3 is 11.9 Å². The van der Waals surface area contributed by atoms with E-state index >= 15 is 0 Å². The van der Waals surface area contributed by atoms with E-state index in [2.05, 4.69) is 35.7 Å². The van der Waals surface area contributed by atoms with Crippen LogP contribution in [0.15, 0.2) is 119 Å². The van der Waals surface area contributed by atoms with E-state index in [1.54, 1.807) is 12.1 Å². The van der Waals surface area contributed by atoms with Crippen LogP contribution < -0.4 is 5.32 Å². The number of rotatable bonds is 11. The van der Waals surface area contributed by atoms with Crippen LogP contribution >= 0.6 is 0 Å². The summed E-state index contributed by atoms with van der Waals surface area (Å²) in [6, 6.07) is 25.7. The molecule has 290 valence electrons. The minimum atomic E-state index is -0.923. The normalized spacial score (nSPS) is 28.3. The van der Waals surface area contributed by atoms with Gasteiger partial charge in [-0.2, -0.15) is 0 Å². The summed E-state index contributed by atoms with van der Waals surface area (Å²) in [7, 11) is 0. The molecule has 8 nitrogen and oxygen atoms in total. The number of cyclic esters (lactones) is 2. The van der Waals surface area contributed by atoms with E-state index in [1.807, 2.05) is 48.5 Å². The van der Waals surface area contributed by atoms with Crippen molar-refractivity contribution in [2.75, 3.05) is 26.3 Å². The SMILES string of the molecule is O=C1OC(=CC[C@H](CO)C2CCNCC2)C2=C1[C@H]1[C@H](CC2)[C@H]2CC[C@@]13C(=C[C@@H](CCO)Cc1ccccc1)OC(=O)C3=C2c1cc(O)ccc1-c1ccccc1. The summed E-state index contributed by atoms with van der Waals surface area (Å²) in [5.41, 5.74) is 6.07. The highest BCUT2D eigenvalue weighted by Gasteiger charge is 2.68. The summed E-state index contributed by atoms with van der Waals surface area (Å²) >= 11 is 0. The van der Waals surface area contributed by atoms with Crippen LogP contribution in [0.1, 0.15) is 62.5 Å². The lowest BCUT2D eigenvalue weighted by molar-refractivity contribution is -0.135. The maximum absolute atomic E-state index is 14.7. The summed E-state index contributed by atoms with van der Waals surface area (Å²) in [6.45, 7) is 1.97. The van der Waals surface area contributed by atoms with E-state index < -0.39 is 11.4 Å². The van der Waals surface area contributed by atoms with Crippen molar-refractivity contribution in [3.05, 3.63) is 130 Å². The second-order valence-electron chi connectivity index (χ2n) is 16.7. The molecule has 4 aliphatic carbocycles. The molecule has 6 atom stereocenters. The minimum absolute atomic E-state index is 0.0178. The fourth-order valence-corrected chi connectivity index (χ4v) is 11.4. The van der Waals surface area contributed by atoms with Gasteiger partial charge in [-0.25, -0.2) is 9.59 Å². The molecule has 3 aliphatic heterocycles. The van der Waals surface area contributed by atoms with Gasteiger partial charge in [-0.15, -0.1) is 0 Å². The minimum Gasteiger partial charge on any atom is -0.508 e. The number of phenolic OH excluding ortho intramolecular Hbond substituents is 1. The van der Waals surface area contributed by atoms with Gasteiger partial charge in [0.05, 0.1) is 11.0 Å². The summed E-state index contributed by atoms with van der Waals surface area (Å²) in [5, 5.41) is 35.1. The molecule has 7 aliphatic rings. The lowest BCUT2D eigenvalue weighted by Crippen LogP contribution is -2.52. The monoisotopic (exact) mass is 753 g/mol. The smallest absolute Gasteiger partial charge is 0.340 e. The number of allylic oxidation sites excluding steroid dienone is 5. The quantitative estimate of drug-likeness (QED) is 0.147. The van der Waals surface area contributed by atoms with E-state index in [-0.39, 0.29) is 54.5 Å². The fraction of sp³-hybridized carbons (Fsp3) is 0.417. The van der Waals surface area contributed by atoms with Crippen molar-refractivity contribution < 1.29 is 34.4 Å². The topological polar surface area (TPSA) is 125 Å². The first-order chi connectivity index (χ1) is 27.4. The molecule has 3 heterocycles. The highest BCUT2D eigenvalue weighted by molar-refractivity contribution is 6.07. The number of benzene rings is 3. The molecule has 3 aromatic carbocycles. The van der Waals surface area contributed by atoms with Crippen molar-refractivity contribution >= 4 is 17.5 Å². The van der Waals surface area contributed by atoms with Crippen molar-refractivity contribution in [2.24, 2.45) is 40.9 Å². The Morgan fingerprint density at radius 3 is 2.38 bits per heavy atom. The molecule has 56 heavy (non-hydrogen) atoms. The van der Waals surface area contributed by atoms with Gasteiger partial charge in [0.1, 0.15) is 17.3 Å². The number of phenols is 1. The number of aliphatic hydroxyl groups excluding tert-OH is 2. The Labute approximate surface area is 328 Å². The number of hydrogen-bond donors (Lipinski definition) is 4. The van der Waals surface area contributed by atoms with Crippen molar-refractivity contribution in [3.63, 3.8) is 0 Å². The first-order valence-electron chi connectivity index (χ1n) is 20.6. The molecule has 8 heteroatoms. The molecule has 0 radical (unpaired) electrons. The number of piperidine rings is 1. The van der Waals surface area contributed by atoms with E-state index in [0.29, 0.717) is 60.7 Å². The van der Waals surface area contributed by atoms with Crippen LogP contribution in [0.25, 0.3) is 16.7 Å². The molecule has 0 amide bonds. The third-order valence-electron chi connectivity index (χ3n) is 13.8. The van der Waals surface area contributed by atoms with Crippen molar-refractivity contribution in [3.8, 4) is 16.9 Å². The lowest BCUT2D eigenvalue weighted by atomic mass is 9.44. The first-order valence-corrected chi connectivity index (χ1v) is 20.6. The average Bonchev–Trinajstić information content (AvgIpc) is 3.71. The van der Waals surface area contributed by atoms with E-state index in [1.165, 1.54) is 0 Å². The van der Waals surface area contributed by atoms with E-state index in [0.717, 1.165) is 72.2 Å². The zero-order valence-electron chi connectivity index (χ0n) is 31.8. The Balaban J connectivity index is 1.21. The summed E-state index contributed by atoms with van der Waals surface area (Å²) in [5.74, 6) is 0.606. The summed E-state index contributed by atoms with van der Waals surface area (Å²) < 4.78 is 12.7. The molecule has 2 saturated heterocycles. The van der Waals surface area contributed by atoms with Crippen molar-refractivity contribution in [1.29, 1.82) is 0 Å². The zero-order valence-corrected chi connectivity index (χ0v) is 31.8. The third kappa shape index (κ3) is 6.27. The van der Waals surface area contributed by atoms with Gasteiger partial charge in [-0.05, 0) is 153 Å². The Hall–Kier alpha value is -4.76. The van der Waals surface area contributed by atoms with Crippen LogP contribution in [-0.2, 0) is 25.5 Å². The molecule has 10 rings (SSSR count). The maximum atomic E-state index is 14.7. The standard InChI is InChI=1S/C48H51NO7/c50-24-20-30(25-29-7-3-1-4-8-29)26-41-48-21-17-36(42(45(48)47(54)56-41)39-27-34(52)12-13-35(39)32-9-5-2-6-10-32)37-14-15-38-40(55-46(53)43(38)44(37)48)16-11-33(28-51)31-18-22-49-23-19-31/h1-10,12-13,16,26-27,30-31,33,36-37,44,49-52H,11,14-15,17-25,28H2/t30-,33+,36+,37+,44+,48+/m0/s1. The van der Waals surface area contributed by atoms with E-state index in [9.17, 15) is 24.9 Å². The highest BCUT2D eigenvalue weighted by Crippen LogP contribution is 2.72. The Morgan fingerprint density at radius 2 is 1.62 bits per heavy atom. The number of aromatic hydroxyl groups is 1. The predicted octanol–water partition coefficient (Wildman–Crippen LogP) is 7.67. The zero-order chi connectivity index (χ0) is 38.4. The van der Waals surface area contributed by atoms with Crippen LogP contribution in [0.5, 0.6) is 5.75 Å². The maximum Gasteiger partial charge on any atom is 0.340 e. The largest absolute Gasteiger partial charge is 0.508 e. The Bertz CT molecular complexity index is 2130. The molecule has 0 aromatic heterocycles. The van der Waals surface area contributed by atoms with Crippen LogP contribution in [0.4, 0.5) is 0 Å². The molecule has 3 aromatic rings. The van der Waals surface area contributed by atoms with Gasteiger partial charge < -0.3 is 30.1 Å². The second kappa shape index (κ2) is 15.3. The molecule has 3 fully saturated rings. The number of fused-ring (bicyclic) bond motifs is 1. The van der Waals surface area contributed by atoms with E-state index in [4.69, 9.17) is 9.47 Å². The number of ether oxygens (including phenoxy) is 2. The number of carbonyl (C=O) groups is 2. The predicted molar refractivity (Wildman–Crippen MR) is 213 cm³/mol. The molecular weight excluding hydrogens is 703 g/mol. The lowest BCUT2D eigenvalue weighted by Gasteiger charge is -2.56. The number of esters is 2. The van der Waals surface area contributed by atoms with Crippen molar-refractivity contribution in [2.45, 2.75) is 57.8 Å². The van der Waals surface area contributed by atoms with Crippen molar-refractivity contribution in [1.82, 2.24) is 5.32 Å². The van der Waals surface area contributed by atoms with Crippen LogP contribution in [-0.4, -0.2) is 53.6 Å². The number of aliphatic hydroxyl groups is 2. The van der Waals surface area contributed by atoms with Gasteiger partial charge in [-0.3, -0.25) is 0 Å². The Kier molecular flexibility index (Phi) is 10.1. The summed E-state index contributed by atoms with van der Waals surface area (Å²) in [6.07, 6.45) is 10.9. The highest BCUT2D eigenvalue weighted by atomic mass is 16.5. The molecule has 2 bridgehead atoms. The molecule has 1 saturated carbocycles. The van der Waals surface area contributed by atoms with Crippen LogP contribution in [0.3, 0.4) is 0 Å². The number of hydrogen-bond acceptors (Lipinski definition) is 8. The van der Waals surface area contributed by atoms with Gasteiger partial charge in [0.2, 0.25) is 0 Å². The first kappa shape index (κ1) is 36.9. The molecule has 4 N–H and O–H groups in total. The van der Waals surface area contributed by atoms with Crippen LogP contribution in [0, 0.1) is 40.9 Å². The third-order valence-corrected chi connectivity index (χ3v) is 13.8. The van der Waals surface area contributed by atoms with Gasteiger partial charge in [0, 0.05) is 30.3 Å². The molecule has 1 spiro atoms.